The summed E-state index contributed by atoms with van der Waals surface area (Å²) in [7, 11) is 0. The molecule has 14 heavy (non-hydrogen) atoms. The molecule has 0 bridgehead atoms. The van der Waals surface area contributed by atoms with E-state index in [1.54, 1.807) is 0 Å². The van der Waals surface area contributed by atoms with Crippen LogP contribution in [0.4, 0.5) is 0 Å². The molecule has 0 saturated heterocycles. The Hall–Kier alpha value is -1.24. The summed E-state index contributed by atoms with van der Waals surface area (Å²) in [6, 6.07) is 11.5. The van der Waals surface area contributed by atoms with Crippen LogP contribution in [-0.2, 0) is 6.42 Å². The van der Waals surface area contributed by atoms with Gasteiger partial charge in [0.25, 0.3) is 0 Å². The lowest BCUT2D eigenvalue weighted by molar-refractivity contribution is 0.598. The first kappa shape index (κ1) is 9.32. The van der Waals surface area contributed by atoms with Crippen molar-refractivity contribution in [2.24, 2.45) is 0 Å². The van der Waals surface area contributed by atoms with E-state index in [-0.39, 0.29) is 0 Å². The molecule has 1 heterocycles. The van der Waals surface area contributed by atoms with Crippen LogP contribution in [-0.4, -0.2) is 4.57 Å². The Morgan fingerprint density at radius 3 is 2.57 bits per heavy atom. The minimum absolute atomic E-state index is 0.546. The molecule has 0 aliphatic heterocycles. The predicted octanol–water partition coefficient (Wildman–Crippen LogP) is 3.78. The number of fused-ring (bicyclic) bond motifs is 1. The van der Waals surface area contributed by atoms with Crippen molar-refractivity contribution < 1.29 is 0 Å². The van der Waals surface area contributed by atoms with Gasteiger partial charge >= 0.3 is 0 Å². The van der Waals surface area contributed by atoms with Gasteiger partial charge in [0, 0.05) is 17.3 Å². The molecule has 2 aromatic rings. The van der Waals surface area contributed by atoms with Crippen molar-refractivity contribution >= 4 is 10.9 Å². The number of aryl methyl sites for hydroxylation is 1. The largest absolute Gasteiger partial charge is 0.342 e. The second-order valence-corrected chi connectivity index (χ2v) is 4.01. The number of para-hydroxylation sites is 1. The van der Waals surface area contributed by atoms with E-state index in [0.717, 1.165) is 6.42 Å². The molecule has 1 aromatic carbocycles. The van der Waals surface area contributed by atoms with Gasteiger partial charge in [-0.25, -0.2) is 0 Å². The van der Waals surface area contributed by atoms with Gasteiger partial charge in [-0.2, -0.15) is 0 Å². The fourth-order valence-corrected chi connectivity index (χ4v) is 2.11. The minimum Gasteiger partial charge on any atom is -0.342 e. The number of hydrogen-bond acceptors (Lipinski definition) is 0. The molecule has 2 rings (SSSR count). The molecule has 0 radical (unpaired) electrons. The van der Waals surface area contributed by atoms with Gasteiger partial charge in [0.05, 0.1) is 0 Å². The van der Waals surface area contributed by atoms with Gasteiger partial charge in [-0.15, -0.1) is 0 Å². The van der Waals surface area contributed by atoms with Crippen molar-refractivity contribution in [1.29, 1.82) is 0 Å². The van der Waals surface area contributed by atoms with Crippen molar-refractivity contribution in [3.05, 3.63) is 36.0 Å². The molecular formula is C13H17N. The molecule has 1 aromatic heterocycles. The maximum absolute atomic E-state index is 2.43. The zero-order valence-electron chi connectivity index (χ0n) is 9.12. The van der Waals surface area contributed by atoms with Crippen LogP contribution < -0.4 is 0 Å². The van der Waals surface area contributed by atoms with Crippen molar-refractivity contribution in [3.63, 3.8) is 0 Å². The first-order valence-electron chi connectivity index (χ1n) is 5.33. The maximum atomic E-state index is 2.43. The molecule has 0 saturated carbocycles. The monoisotopic (exact) mass is 187 g/mol. The smallest absolute Gasteiger partial charge is 0.0484 e. The topological polar surface area (TPSA) is 4.93 Å². The van der Waals surface area contributed by atoms with E-state index in [9.17, 15) is 0 Å². The van der Waals surface area contributed by atoms with Gasteiger partial charge in [-0.05, 0) is 37.8 Å². The summed E-state index contributed by atoms with van der Waals surface area (Å²) in [6.07, 6.45) is 1.10. The summed E-state index contributed by atoms with van der Waals surface area (Å²) < 4.78 is 2.43. The second kappa shape index (κ2) is 3.49. The Labute approximate surface area is 85.4 Å². The van der Waals surface area contributed by atoms with Crippen LogP contribution in [0.25, 0.3) is 10.9 Å². The van der Waals surface area contributed by atoms with Crippen LogP contribution in [0.2, 0.25) is 0 Å². The lowest BCUT2D eigenvalue weighted by Gasteiger charge is -2.13. The average molecular weight is 187 g/mol. The summed E-state index contributed by atoms with van der Waals surface area (Å²) in [6.45, 7) is 6.70. The van der Waals surface area contributed by atoms with Gasteiger partial charge in [0.15, 0.2) is 0 Å². The average Bonchev–Trinajstić information content (AvgIpc) is 2.55. The standard InChI is InChI=1S/C13H17N/c1-4-12-9-11-7-5-6-8-13(11)14(12)10(2)3/h5-10H,4H2,1-3H3. The Balaban J connectivity index is 2.74. The third kappa shape index (κ3) is 1.33. The SMILES string of the molecule is CCc1cc2ccccc2n1C(C)C. The first-order chi connectivity index (χ1) is 6.74. The molecule has 0 amide bonds. The van der Waals surface area contributed by atoms with Crippen LogP contribution in [0.5, 0.6) is 0 Å². The number of rotatable bonds is 2. The third-order valence-corrected chi connectivity index (χ3v) is 2.71. The fraction of sp³-hybridized carbons (Fsp3) is 0.385. The summed E-state index contributed by atoms with van der Waals surface area (Å²) >= 11 is 0. The zero-order chi connectivity index (χ0) is 10.1. The molecule has 0 aliphatic rings. The van der Waals surface area contributed by atoms with E-state index >= 15 is 0 Å². The Morgan fingerprint density at radius 1 is 1.21 bits per heavy atom. The molecule has 0 fully saturated rings. The van der Waals surface area contributed by atoms with Gasteiger partial charge in [-0.3, -0.25) is 0 Å². The van der Waals surface area contributed by atoms with E-state index in [0.29, 0.717) is 6.04 Å². The quantitative estimate of drug-likeness (QED) is 0.674. The molecule has 74 valence electrons. The Bertz CT molecular complexity index is 437. The number of aromatic nitrogens is 1. The third-order valence-electron chi connectivity index (χ3n) is 2.71. The van der Waals surface area contributed by atoms with E-state index in [2.05, 4.69) is 55.7 Å². The van der Waals surface area contributed by atoms with E-state index in [4.69, 9.17) is 0 Å². The summed E-state index contributed by atoms with van der Waals surface area (Å²) in [4.78, 5) is 0. The first-order valence-corrected chi connectivity index (χ1v) is 5.33. The lowest BCUT2D eigenvalue weighted by atomic mass is 10.2. The summed E-state index contributed by atoms with van der Waals surface area (Å²) in [5.41, 5.74) is 2.79. The second-order valence-electron chi connectivity index (χ2n) is 4.01. The van der Waals surface area contributed by atoms with E-state index < -0.39 is 0 Å². The molecule has 0 N–H and O–H groups in total. The highest BCUT2D eigenvalue weighted by molar-refractivity contribution is 5.81. The van der Waals surface area contributed by atoms with Crippen molar-refractivity contribution in [1.82, 2.24) is 4.57 Å². The van der Waals surface area contributed by atoms with Crippen LogP contribution in [0.3, 0.4) is 0 Å². The van der Waals surface area contributed by atoms with Crippen LogP contribution in [0.1, 0.15) is 32.5 Å². The minimum atomic E-state index is 0.546. The van der Waals surface area contributed by atoms with Crippen molar-refractivity contribution in [2.75, 3.05) is 0 Å². The maximum Gasteiger partial charge on any atom is 0.0484 e. The van der Waals surface area contributed by atoms with Crippen molar-refractivity contribution in [3.8, 4) is 0 Å². The van der Waals surface area contributed by atoms with E-state index in [1.807, 2.05) is 0 Å². The van der Waals surface area contributed by atoms with Crippen LogP contribution in [0, 0.1) is 0 Å². The molecule has 1 nitrogen and oxygen atoms in total. The number of nitrogens with zero attached hydrogens (tertiary/aromatic N) is 1. The van der Waals surface area contributed by atoms with Gasteiger partial charge in [0.1, 0.15) is 0 Å². The Kier molecular flexibility index (Phi) is 2.32. The Morgan fingerprint density at radius 2 is 1.93 bits per heavy atom. The van der Waals surface area contributed by atoms with Gasteiger partial charge < -0.3 is 4.57 Å². The molecule has 0 atom stereocenters. The predicted molar refractivity (Wildman–Crippen MR) is 61.7 cm³/mol. The highest BCUT2D eigenvalue weighted by Crippen LogP contribution is 2.23. The number of benzene rings is 1. The molecule has 1 heteroatoms. The van der Waals surface area contributed by atoms with Crippen LogP contribution >= 0.6 is 0 Å². The number of hydrogen-bond donors (Lipinski definition) is 0. The van der Waals surface area contributed by atoms with Crippen molar-refractivity contribution in [2.45, 2.75) is 33.2 Å². The fourth-order valence-electron chi connectivity index (χ4n) is 2.11. The normalized spacial score (nSPS) is 11.4. The molecule has 0 aliphatic carbocycles. The molecule has 0 spiro atoms. The van der Waals surface area contributed by atoms with Crippen LogP contribution in [0.15, 0.2) is 30.3 Å². The highest BCUT2D eigenvalue weighted by Gasteiger charge is 2.08. The summed E-state index contributed by atoms with van der Waals surface area (Å²) in [5.74, 6) is 0. The van der Waals surface area contributed by atoms with Gasteiger partial charge in [0.2, 0.25) is 0 Å². The summed E-state index contributed by atoms with van der Waals surface area (Å²) in [5, 5.41) is 1.36. The zero-order valence-corrected chi connectivity index (χ0v) is 9.12. The van der Waals surface area contributed by atoms with Gasteiger partial charge in [-0.1, -0.05) is 25.1 Å². The van der Waals surface area contributed by atoms with E-state index in [1.165, 1.54) is 16.6 Å². The molecule has 0 unspecified atom stereocenters. The highest BCUT2D eigenvalue weighted by atomic mass is 15.0. The lowest BCUT2D eigenvalue weighted by Crippen LogP contribution is -2.04. The molecular weight excluding hydrogens is 170 g/mol.